The molecule has 3 aromatic rings. The van der Waals surface area contributed by atoms with Crippen molar-refractivity contribution >= 4 is 16.1 Å². The largest absolute Gasteiger partial charge is 0.253 e. The second kappa shape index (κ2) is 8.79. The zero-order chi connectivity index (χ0) is 21.8. The van der Waals surface area contributed by atoms with E-state index in [0.29, 0.717) is 0 Å². The third-order valence-corrected chi connectivity index (χ3v) is 5.71. The zero-order valence-electron chi connectivity index (χ0n) is 18.5. The molecule has 150 valence electrons. The normalized spacial score (nSPS) is 11.1. The van der Waals surface area contributed by atoms with Crippen molar-refractivity contribution in [1.29, 1.82) is 0 Å². The molecule has 0 N–H and O–H groups in total. The Balaban J connectivity index is 1.82. The molecule has 3 heterocycles. The van der Waals surface area contributed by atoms with Crippen LogP contribution in [-0.2, 0) is 0 Å². The van der Waals surface area contributed by atoms with E-state index in [2.05, 4.69) is 72.2 Å². The van der Waals surface area contributed by atoms with Gasteiger partial charge in [0, 0.05) is 23.5 Å². The van der Waals surface area contributed by atoms with E-state index in [1.807, 2.05) is 54.9 Å². The third-order valence-electron chi connectivity index (χ3n) is 3.96. The predicted molar refractivity (Wildman–Crippen MR) is 131 cm³/mol. The maximum atomic E-state index is 4.76. The molecule has 0 radical (unpaired) electrons. The van der Waals surface area contributed by atoms with Crippen LogP contribution in [0.3, 0.4) is 0 Å². The minimum absolute atomic E-state index is 0.821. The van der Waals surface area contributed by atoms with E-state index in [0.717, 1.165) is 33.9 Å². The van der Waals surface area contributed by atoms with Gasteiger partial charge in [0.05, 0.1) is 22.8 Å². The third kappa shape index (κ3) is 6.52. The van der Waals surface area contributed by atoms with Gasteiger partial charge in [-0.05, 0) is 36.4 Å². The van der Waals surface area contributed by atoms with E-state index < -0.39 is 16.1 Å². The number of hydrogen-bond acceptors (Lipinski definition) is 3. The van der Waals surface area contributed by atoms with Gasteiger partial charge < -0.3 is 0 Å². The summed E-state index contributed by atoms with van der Waals surface area (Å²) in [7, 11) is -2.79. The molecule has 0 aliphatic rings. The first-order valence-corrected chi connectivity index (χ1v) is 17.1. The highest BCUT2D eigenvalue weighted by molar-refractivity contribution is 6.84. The van der Waals surface area contributed by atoms with Gasteiger partial charge in [0.15, 0.2) is 0 Å². The highest BCUT2D eigenvalue weighted by atomic mass is 28.3. The summed E-state index contributed by atoms with van der Waals surface area (Å²) in [5.41, 5.74) is 11.9. The average Bonchev–Trinajstić information content (AvgIpc) is 2.71. The second-order valence-corrected chi connectivity index (χ2v) is 18.8. The topological polar surface area (TPSA) is 38.7 Å². The molecule has 0 aromatic carbocycles. The molecule has 0 amide bonds. The first kappa shape index (κ1) is 21.7. The van der Waals surface area contributed by atoms with Crippen molar-refractivity contribution < 1.29 is 0 Å². The maximum Gasteiger partial charge on any atom is 0.129 e. The SMILES string of the molecule is C[Si](C)(C)C#Cc1ccc(-c2cccc(-c3ccc(C#C[Si](C)(C)C)cn3)n2)nc1. The summed E-state index contributed by atoms with van der Waals surface area (Å²) >= 11 is 0. The van der Waals surface area contributed by atoms with Crippen molar-refractivity contribution in [3.05, 3.63) is 66.0 Å². The Morgan fingerprint density at radius 2 is 1.00 bits per heavy atom. The summed E-state index contributed by atoms with van der Waals surface area (Å²) in [4.78, 5) is 13.9. The molecule has 0 saturated carbocycles. The number of pyridine rings is 3. The van der Waals surface area contributed by atoms with Crippen molar-refractivity contribution in [2.75, 3.05) is 0 Å². The lowest BCUT2D eigenvalue weighted by molar-refractivity contribution is 1.21. The summed E-state index contributed by atoms with van der Waals surface area (Å²) in [6.45, 7) is 13.4. The lowest BCUT2D eigenvalue weighted by Crippen LogP contribution is -2.16. The molecule has 3 aromatic heterocycles. The molecule has 0 aliphatic heterocycles. The Kier molecular flexibility index (Phi) is 6.36. The van der Waals surface area contributed by atoms with E-state index in [-0.39, 0.29) is 0 Å². The molecule has 0 bridgehead atoms. The molecular weight excluding hydrogens is 398 g/mol. The van der Waals surface area contributed by atoms with Crippen LogP contribution in [0.5, 0.6) is 0 Å². The zero-order valence-corrected chi connectivity index (χ0v) is 20.5. The van der Waals surface area contributed by atoms with Gasteiger partial charge in [-0.15, -0.1) is 11.1 Å². The first-order chi connectivity index (χ1) is 14.1. The second-order valence-electron chi connectivity index (χ2n) is 9.27. The molecule has 0 aliphatic carbocycles. The minimum Gasteiger partial charge on any atom is -0.253 e. The number of nitrogens with zero attached hydrogens (tertiary/aromatic N) is 3. The lowest BCUT2D eigenvalue weighted by atomic mass is 10.1. The van der Waals surface area contributed by atoms with Crippen molar-refractivity contribution in [3.63, 3.8) is 0 Å². The Morgan fingerprint density at radius 3 is 1.33 bits per heavy atom. The Labute approximate surface area is 182 Å². The Hall–Kier alpha value is -3.00. The van der Waals surface area contributed by atoms with Crippen LogP contribution in [0.25, 0.3) is 22.8 Å². The number of hydrogen-bond donors (Lipinski definition) is 0. The van der Waals surface area contributed by atoms with Crippen LogP contribution in [0.1, 0.15) is 11.1 Å². The van der Waals surface area contributed by atoms with Crippen molar-refractivity contribution in [1.82, 2.24) is 15.0 Å². The Bertz CT molecular complexity index is 1060. The van der Waals surface area contributed by atoms with Crippen LogP contribution in [0.4, 0.5) is 0 Å². The lowest BCUT2D eigenvalue weighted by Gasteiger charge is -2.05. The molecule has 0 spiro atoms. The van der Waals surface area contributed by atoms with Crippen LogP contribution in [0.2, 0.25) is 39.3 Å². The number of aromatic nitrogens is 3. The van der Waals surface area contributed by atoms with Crippen molar-refractivity contribution in [2.24, 2.45) is 0 Å². The smallest absolute Gasteiger partial charge is 0.129 e. The monoisotopic (exact) mass is 425 g/mol. The standard InChI is InChI=1S/C25H27N3Si2/c1-29(2,3)16-14-20-10-12-22(26-18-20)24-8-7-9-25(28-24)23-13-11-21(19-27-23)15-17-30(4,5)6/h7-13,18-19H,1-6H3. The summed E-state index contributed by atoms with van der Waals surface area (Å²) in [5.74, 6) is 6.47. The molecule has 3 rings (SSSR count). The van der Waals surface area contributed by atoms with Crippen molar-refractivity contribution in [2.45, 2.75) is 39.3 Å². The van der Waals surface area contributed by atoms with E-state index in [9.17, 15) is 0 Å². The summed E-state index contributed by atoms with van der Waals surface area (Å²) in [6, 6.07) is 13.9. The van der Waals surface area contributed by atoms with Gasteiger partial charge in [-0.3, -0.25) is 9.97 Å². The van der Waals surface area contributed by atoms with Crippen LogP contribution in [0, 0.1) is 22.9 Å². The minimum atomic E-state index is -1.40. The van der Waals surface area contributed by atoms with Gasteiger partial charge in [-0.1, -0.05) is 57.2 Å². The van der Waals surface area contributed by atoms with Gasteiger partial charge in [-0.2, -0.15) is 0 Å². The average molecular weight is 426 g/mol. The quantitative estimate of drug-likeness (QED) is 0.392. The van der Waals surface area contributed by atoms with Crippen LogP contribution in [0.15, 0.2) is 54.9 Å². The van der Waals surface area contributed by atoms with Crippen molar-refractivity contribution in [3.8, 4) is 45.7 Å². The first-order valence-electron chi connectivity index (χ1n) is 10.1. The van der Waals surface area contributed by atoms with Crippen LogP contribution >= 0.6 is 0 Å². The highest BCUT2D eigenvalue weighted by Crippen LogP contribution is 2.20. The fraction of sp³-hybridized carbons (Fsp3) is 0.240. The fourth-order valence-corrected chi connectivity index (χ4v) is 3.52. The van der Waals surface area contributed by atoms with Crippen LogP contribution < -0.4 is 0 Å². The summed E-state index contributed by atoms with van der Waals surface area (Å²) < 4.78 is 0. The van der Waals surface area contributed by atoms with E-state index in [4.69, 9.17) is 4.98 Å². The van der Waals surface area contributed by atoms with E-state index in [1.54, 1.807) is 0 Å². The molecule has 0 atom stereocenters. The predicted octanol–water partition coefficient (Wildman–Crippen LogP) is 5.66. The Morgan fingerprint density at radius 1 is 0.567 bits per heavy atom. The number of rotatable bonds is 2. The molecule has 0 unspecified atom stereocenters. The fourth-order valence-electron chi connectivity index (χ4n) is 2.48. The summed E-state index contributed by atoms with van der Waals surface area (Å²) in [5, 5.41) is 0. The van der Waals surface area contributed by atoms with Gasteiger partial charge in [0.25, 0.3) is 0 Å². The molecule has 0 saturated heterocycles. The van der Waals surface area contributed by atoms with Gasteiger partial charge in [0.1, 0.15) is 16.1 Å². The molecule has 3 nitrogen and oxygen atoms in total. The molecule has 0 fully saturated rings. The van der Waals surface area contributed by atoms with Crippen LogP contribution in [-0.4, -0.2) is 31.1 Å². The van der Waals surface area contributed by atoms with E-state index >= 15 is 0 Å². The molecule has 30 heavy (non-hydrogen) atoms. The molecular formula is C25H27N3Si2. The highest BCUT2D eigenvalue weighted by Gasteiger charge is 2.09. The van der Waals surface area contributed by atoms with Gasteiger partial charge in [0.2, 0.25) is 0 Å². The maximum absolute atomic E-state index is 4.76. The summed E-state index contributed by atoms with van der Waals surface area (Å²) in [6.07, 6.45) is 3.64. The van der Waals surface area contributed by atoms with E-state index in [1.165, 1.54) is 0 Å². The van der Waals surface area contributed by atoms with Gasteiger partial charge >= 0.3 is 0 Å². The van der Waals surface area contributed by atoms with Gasteiger partial charge in [-0.25, -0.2) is 4.98 Å². The molecule has 5 heteroatoms.